The molecule has 0 amide bonds. The van der Waals surface area contributed by atoms with Crippen LogP contribution in [0, 0.1) is 34.0 Å². The first-order chi connectivity index (χ1) is 16.4. The second-order valence-corrected chi connectivity index (χ2v) is 20.2. The standard InChI is InChI=1S/C32H54O3Si/c1-21(11-16-28(33)34)23-13-14-24-22-12-15-26-30(5,6)27(35-36(9,10)29(2,3)4)18-20-32(26,8)25(22)17-19-31(23,24)7/h14,21,23,26-27H,11-13,15-20H2,1-10H3,(H,33,34)/t21-,23-,26+,27?,31-,32-/m1/s1. The van der Waals surface area contributed by atoms with E-state index in [-0.39, 0.29) is 21.3 Å². The summed E-state index contributed by atoms with van der Waals surface area (Å²) in [6.45, 7) is 24.3. The van der Waals surface area contributed by atoms with E-state index < -0.39 is 14.3 Å². The van der Waals surface area contributed by atoms with Crippen LogP contribution in [0.5, 0.6) is 0 Å². The lowest BCUT2D eigenvalue weighted by Gasteiger charge is -2.61. The van der Waals surface area contributed by atoms with E-state index in [1.54, 1.807) is 16.7 Å². The van der Waals surface area contributed by atoms with Gasteiger partial charge in [-0.25, -0.2) is 0 Å². The summed E-state index contributed by atoms with van der Waals surface area (Å²) in [6, 6.07) is 0. The lowest BCUT2D eigenvalue weighted by molar-refractivity contribution is -0.137. The topological polar surface area (TPSA) is 46.5 Å². The molecule has 36 heavy (non-hydrogen) atoms. The molecule has 0 spiro atoms. The van der Waals surface area contributed by atoms with Gasteiger partial charge >= 0.3 is 5.97 Å². The Hall–Kier alpha value is -0.873. The van der Waals surface area contributed by atoms with E-state index >= 15 is 0 Å². The lowest BCUT2D eigenvalue weighted by atomic mass is 9.46. The second kappa shape index (κ2) is 9.11. The molecule has 0 heterocycles. The van der Waals surface area contributed by atoms with Crippen molar-refractivity contribution in [1.82, 2.24) is 0 Å². The molecule has 6 atom stereocenters. The van der Waals surface area contributed by atoms with E-state index in [1.807, 2.05) is 0 Å². The molecule has 0 radical (unpaired) electrons. The molecule has 0 bridgehead atoms. The summed E-state index contributed by atoms with van der Waals surface area (Å²) in [5.41, 5.74) is 5.81. The van der Waals surface area contributed by atoms with Gasteiger partial charge in [-0.2, -0.15) is 0 Å². The Labute approximate surface area is 222 Å². The number of fused-ring (bicyclic) bond motifs is 4. The molecule has 0 aromatic carbocycles. The highest BCUT2D eigenvalue weighted by Crippen LogP contribution is 2.67. The monoisotopic (exact) mass is 514 g/mol. The Kier molecular flexibility index (Phi) is 7.12. The van der Waals surface area contributed by atoms with E-state index in [0.29, 0.717) is 30.3 Å². The van der Waals surface area contributed by atoms with Crippen LogP contribution in [-0.2, 0) is 9.22 Å². The maximum atomic E-state index is 11.2. The minimum atomic E-state index is -1.81. The summed E-state index contributed by atoms with van der Waals surface area (Å²) >= 11 is 0. The number of carbonyl (C=O) groups is 1. The van der Waals surface area contributed by atoms with E-state index in [9.17, 15) is 9.90 Å². The largest absolute Gasteiger partial charge is 0.481 e. The van der Waals surface area contributed by atoms with Gasteiger partial charge in [-0.05, 0) is 115 Å². The van der Waals surface area contributed by atoms with Crippen molar-refractivity contribution in [3.8, 4) is 0 Å². The first-order valence-corrected chi connectivity index (χ1v) is 17.7. The third-order valence-electron chi connectivity index (χ3n) is 12.1. The van der Waals surface area contributed by atoms with Crippen LogP contribution in [0.1, 0.15) is 113 Å². The third kappa shape index (κ3) is 4.40. The Bertz CT molecular complexity index is 951. The first kappa shape index (κ1) is 28.1. The number of allylic oxidation sites excluding steroid dienone is 4. The van der Waals surface area contributed by atoms with Crippen molar-refractivity contribution >= 4 is 14.3 Å². The number of aliphatic carboxylic acids is 1. The normalized spacial score (nSPS) is 37.1. The minimum absolute atomic E-state index is 0.180. The van der Waals surface area contributed by atoms with Crippen molar-refractivity contribution in [2.45, 2.75) is 137 Å². The smallest absolute Gasteiger partial charge is 0.303 e. The van der Waals surface area contributed by atoms with Gasteiger partial charge in [0, 0.05) is 6.42 Å². The van der Waals surface area contributed by atoms with Crippen LogP contribution in [-0.4, -0.2) is 25.5 Å². The molecule has 4 heteroatoms. The maximum absolute atomic E-state index is 11.2. The molecule has 4 aliphatic rings. The summed E-state index contributed by atoms with van der Waals surface area (Å²) in [7, 11) is -1.81. The number of hydrogen-bond acceptors (Lipinski definition) is 2. The molecule has 1 unspecified atom stereocenters. The third-order valence-corrected chi connectivity index (χ3v) is 16.6. The summed E-state index contributed by atoms with van der Waals surface area (Å²) in [4.78, 5) is 11.2. The highest BCUT2D eigenvalue weighted by Gasteiger charge is 2.58. The van der Waals surface area contributed by atoms with E-state index in [1.165, 1.54) is 38.5 Å². The van der Waals surface area contributed by atoms with Crippen LogP contribution < -0.4 is 0 Å². The fourth-order valence-corrected chi connectivity index (χ4v) is 10.3. The molecule has 1 saturated carbocycles. The minimum Gasteiger partial charge on any atom is -0.481 e. The fourth-order valence-electron chi connectivity index (χ4n) is 8.86. The molecule has 1 fully saturated rings. The molecular weight excluding hydrogens is 460 g/mol. The first-order valence-electron chi connectivity index (χ1n) is 14.8. The lowest BCUT2D eigenvalue weighted by Crippen LogP contribution is -2.57. The van der Waals surface area contributed by atoms with Gasteiger partial charge in [0.2, 0.25) is 0 Å². The van der Waals surface area contributed by atoms with Gasteiger partial charge in [0.05, 0.1) is 6.10 Å². The van der Waals surface area contributed by atoms with Gasteiger partial charge in [-0.1, -0.05) is 67.0 Å². The number of carboxylic acid groups (broad SMARTS) is 1. The van der Waals surface area contributed by atoms with Crippen molar-refractivity contribution in [2.75, 3.05) is 0 Å². The SMILES string of the molecule is C[C@H](CCC(=O)O)[C@H]1CC=C2C3=C(CC[C@@]21C)[C@@]1(C)CCC(O[Si](C)(C)C(C)(C)C)C(C)(C)[C@@H]1CC3. The Balaban J connectivity index is 1.59. The zero-order chi connectivity index (χ0) is 26.9. The molecule has 0 aliphatic heterocycles. The summed E-state index contributed by atoms with van der Waals surface area (Å²) in [5.74, 6) is 1.05. The Morgan fingerprint density at radius 1 is 1.11 bits per heavy atom. The average molecular weight is 515 g/mol. The zero-order valence-corrected chi connectivity index (χ0v) is 26.0. The summed E-state index contributed by atoms with van der Waals surface area (Å²) in [5, 5.41) is 9.47. The highest BCUT2D eigenvalue weighted by molar-refractivity contribution is 6.74. The molecule has 204 valence electrons. The van der Waals surface area contributed by atoms with Crippen LogP contribution in [0.3, 0.4) is 0 Å². The Morgan fingerprint density at radius 2 is 1.78 bits per heavy atom. The van der Waals surface area contributed by atoms with Crippen molar-refractivity contribution in [1.29, 1.82) is 0 Å². The molecule has 1 N–H and O–H groups in total. The molecule has 3 nitrogen and oxygen atoms in total. The summed E-state index contributed by atoms with van der Waals surface area (Å²) < 4.78 is 7.12. The van der Waals surface area contributed by atoms with Gasteiger partial charge in [0.25, 0.3) is 0 Å². The van der Waals surface area contributed by atoms with Crippen molar-refractivity contribution < 1.29 is 14.3 Å². The molecule has 0 aromatic rings. The van der Waals surface area contributed by atoms with Gasteiger partial charge in [-0.3, -0.25) is 4.79 Å². The van der Waals surface area contributed by atoms with Gasteiger partial charge in [0.1, 0.15) is 0 Å². The molecule has 0 aromatic heterocycles. The van der Waals surface area contributed by atoms with Gasteiger partial charge < -0.3 is 9.53 Å². The summed E-state index contributed by atoms with van der Waals surface area (Å²) in [6.07, 6.45) is 12.5. The van der Waals surface area contributed by atoms with E-state index in [2.05, 4.69) is 74.6 Å². The van der Waals surface area contributed by atoms with E-state index in [4.69, 9.17) is 4.43 Å². The molecule has 4 aliphatic carbocycles. The average Bonchev–Trinajstić information content (AvgIpc) is 3.10. The van der Waals surface area contributed by atoms with Gasteiger partial charge in [-0.15, -0.1) is 0 Å². The predicted molar refractivity (Wildman–Crippen MR) is 153 cm³/mol. The van der Waals surface area contributed by atoms with Crippen LogP contribution in [0.25, 0.3) is 0 Å². The van der Waals surface area contributed by atoms with Crippen LogP contribution in [0.2, 0.25) is 18.1 Å². The molecule has 4 rings (SSSR count). The molecular formula is C32H54O3Si. The Morgan fingerprint density at radius 3 is 2.39 bits per heavy atom. The predicted octanol–water partition coefficient (Wildman–Crippen LogP) is 9.16. The number of hydrogen-bond donors (Lipinski definition) is 1. The van der Waals surface area contributed by atoms with Crippen molar-refractivity contribution in [3.63, 3.8) is 0 Å². The van der Waals surface area contributed by atoms with Gasteiger partial charge in [0.15, 0.2) is 8.32 Å². The number of rotatable bonds is 6. The number of carboxylic acids is 1. The van der Waals surface area contributed by atoms with E-state index in [0.717, 1.165) is 12.8 Å². The maximum Gasteiger partial charge on any atom is 0.303 e. The van der Waals surface area contributed by atoms with Crippen LogP contribution in [0.4, 0.5) is 0 Å². The fraction of sp³-hybridized carbons (Fsp3) is 0.844. The second-order valence-electron chi connectivity index (χ2n) is 15.5. The van der Waals surface area contributed by atoms with Crippen molar-refractivity contribution in [2.24, 2.45) is 34.0 Å². The van der Waals surface area contributed by atoms with Crippen molar-refractivity contribution in [3.05, 3.63) is 22.8 Å². The quantitative estimate of drug-likeness (QED) is 0.359. The van der Waals surface area contributed by atoms with Crippen LogP contribution in [0.15, 0.2) is 22.8 Å². The molecule has 0 saturated heterocycles. The van der Waals surface area contributed by atoms with Crippen LogP contribution >= 0.6 is 0 Å². The highest BCUT2D eigenvalue weighted by atomic mass is 28.4. The zero-order valence-electron chi connectivity index (χ0n) is 25.0.